The van der Waals surface area contributed by atoms with Crippen LogP contribution >= 0.6 is 0 Å². The summed E-state index contributed by atoms with van der Waals surface area (Å²) in [6.07, 6.45) is 2.42. The third-order valence-corrected chi connectivity index (χ3v) is 4.95. The molecule has 6 heteroatoms. The van der Waals surface area contributed by atoms with Gasteiger partial charge in [-0.2, -0.15) is 0 Å². The first-order chi connectivity index (χ1) is 13.2. The molecule has 1 N–H and O–H groups in total. The van der Waals surface area contributed by atoms with E-state index in [1.807, 2.05) is 30.3 Å². The first-order valence-electron chi connectivity index (χ1n) is 9.21. The molecule has 0 saturated heterocycles. The Bertz CT molecular complexity index is 938. The van der Waals surface area contributed by atoms with Crippen LogP contribution in [0.2, 0.25) is 0 Å². The van der Waals surface area contributed by atoms with E-state index in [0.29, 0.717) is 5.56 Å². The molecule has 0 spiro atoms. The second kappa shape index (κ2) is 7.70. The third kappa shape index (κ3) is 3.89. The van der Waals surface area contributed by atoms with E-state index in [4.69, 9.17) is 0 Å². The normalized spacial score (nSPS) is 16.4. The molecule has 1 unspecified atom stereocenters. The summed E-state index contributed by atoms with van der Waals surface area (Å²) < 4.78 is 15.9. The largest absolute Gasteiger partial charge is 0.353 e. The monoisotopic (exact) mass is 364 g/mol. The molecule has 1 aromatic heterocycles. The van der Waals surface area contributed by atoms with E-state index in [2.05, 4.69) is 20.1 Å². The maximum absolute atomic E-state index is 13.7. The molecule has 3 aromatic rings. The van der Waals surface area contributed by atoms with E-state index in [0.717, 1.165) is 43.0 Å². The lowest BCUT2D eigenvalue weighted by atomic mass is 10.1. The van der Waals surface area contributed by atoms with Gasteiger partial charge >= 0.3 is 0 Å². The minimum Gasteiger partial charge on any atom is -0.353 e. The molecule has 0 fully saturated rings. The van der Waals surface area contributed by atoms with Gasteiger partial charge in [-0.1, -0.05) is 48.5 Å². The molecule has 138 valence electrons. The van der Waals surface area contributed by atoms with Gasteiger partial charge < -0.3 is 9.88 Å². The fourth-order valence-corrected chi connectivity index (χ4v) is 3.53. The van der Waals surface area contributed by atoms with Gasteiger partial charge in [-0.25, -0.2) is 4.39 Å². The van der Waals surface area contributed by atoms with Crippen molar-refractivity contribution in [2.75, 3.05) is 0 Å². The van der Waals surface area contributed by atoms with Crippen LogP contribution in [-0.2, 0) is 24.2 Å². The van der Waals surface area contributed by atoms with E-state index in [1.165, 1.54) is 6.07 Å². The fraction of sp³-hybridized carbons (Fsp3) is 0.286. The molecule has 4 rings (SSSR count). The molecule has 0 saturated carbocycles. The number of fused-ring (bicyclic) bond motifs is 1. The van der Waals surface area contributed by atoms with E-state index < -0.39 is 0 Å². The first kappa shape index (κ1) is 17.4. The Balaban J connectivity index is 1.41. The lowest BCUT2D eigenvalue weighted by molar-refractivity contribution is -0.121. The number of aromatic nitrogens is 3. The molecule has 0 radical (unpaired) electrons. The highest BCUT2D eigenvalue weighted by Gasteiger charge is 2.22. The Morgan fingerprint density at radius 1 is 1.07 bits per heavy atom. The zero-order chi connectivity index (χ0) is 18.6. The smallest absolute Gasteiger partial charge is 0.224 e. The molecule has 1 atom stereocenters. The molecule has 0 aliphatic carbocycles. The summed E-state index contributed by atoms with van der Waals surface area (Å²) in [7, 11) is 0. The Morgan fingerprint density at radius 2 is 1.85 bits per heavy atom. The van der Waals surface area contributed by atoms with Crippen molar-refractivity contribution in [2.24, 2.45) is 0 Å². The predicted octanol–water partition coefficient (Wildman–Crippen LogP) is 3.15. The van der Waals surface area contributed by atoms with E-state index in [-0.39, 0.29) is 24.2 Å². The number of carbonyl (C=O) groups is 1. The van der Waals surface area contributed by atoms with Gasteiger partial charge in [-0.15, -0.1) is 10.2 Å². The Kier molecular flexibility index (Phi) is 4.96. The van der Waals surface area contributed by atoms with Crippen molar-refractivity contribution in [2.45, 2.75) is 38.3 Å². The summed E-state index contributed by atoms with van der Waals surface area (Å²) in [6, 6.07) is 16.4. The first-order valence-corrected chi connectivity index (χ1v) is 9.21. The lowest BCUT2D eigenvalue weighted by Crippen LogP contribution is -2.36. The lowest BCUT2D eigenvalue weighted by Gasteiger charge is -2.16. The molecule has 1 amide bonds. The minimum absolute atomic E-state index is 0.0506. The molecule has 2 aromatic carbocycles. The number of nitrogens with zero attached hydrogens (tertiary/aromatic N) is 3. The number of rotatable bonds is 4. The number of nitrogens with one attached hydrogen (secondary N) is 1. The van der Waals surface area contributed by atoms with Crippen LogP contribution in [0.25, 0.3) is 11.4 Å². The molecular formula is C21H21FN4O. The van der Waals surface area contributed by atoms with E-state index in [9.17, 15) is 9.18 Å². The second-order valence-corrected chi connectivity index (χ2v) is 6.82. The van der Waals surface area contributed by atoms with Crippen molar-refractivity contribution < 1.29 is 9.18 Å². The Hall–Kier alpha value is -3.02. The molecule has 0 bridgehead atoms. The Morgan fingerprint density at radius 3 is 2.67 bits per heavy atom. The van der Waals surface area contributed by atoms with Crippen LogP contribution in [0.4, 0.5) is 4.39 Å². The van der Waals surface area contributed by atoms with Gasteiger partial charge in [0.15, 0.2) is 5.82 Å². The maximum Gasteiger partial charge on any atom is 0.224 e. The molecule has 5 nitrogen and oxygen atoms in total. The van der Waals surface area contributed by atoms with Gasteiger partial charge in [0.25, 0.3) is 0 Å². The van der Waals surface area contributed by atoms with Crippen LogP contribution in [-0.4, -0.2) is 26.7 Å². The van der Waals surface area contributed by atoms with Gasteiger partial charge in [-0.05, 0) is 24.5 Å². The molecule has 1 aliphatic heterocycles. The number of hydrogen-bond acceptors (Lipinski definition) is 3. The standard InChI is InChI=1S/C21H21FN4O/c22-18-9-5-4-8-16(18)14-20(27)23-17-10-11-19-24-25-21(26(19)13-12-17)15-6-2-1-3-7-15/h1-9,17H,10-14H2,(H,23,27). The van der Waals surface area contributed by atoms with Crippen LogP contribution in [0.1, 0.15) is 24.2 Å². The number of halogens is 1. The van der Waals surface area contributed by atoms with Crippen molar-refractivity contribution in [3.63, 3.8) is 0 Å². The minimum atomic E-state index is -0.341. The van der Waals surface area contributed by atoms with Gasteiger partial charge in [0, 0.05) is 24.6 Å². The summed E-state index contributed by atoms with van der Waals surface area (Å²) in [6.45, 7) is 0.747. The molecule has 27 heavy (non-hydrogen) atoms. The maximum atomic E-state index is 13.7. The van der Waals surface area contributed by atoms with Crippen LogP contribution < -0.4 is 5.32 Å². The van der Waals surface area contributed by atoms with Crippen LogP contribution in [0.15, 0.2) is 54.6 Å². The number of benzene rings is 2. The quantitative estimate of drug-likeness (QED) is 0.774. The van der Waals surface area contributed by atoms with Gasteiger partial charge in [-0.3, -0.25) is 4.79 Å². The summed E-state index contributed by atoms with van der Waals surface area (Å²) >= 11 is 0. The van der Waals surface area contributed by atoms with Crippen molar-refractivity contribution >= 4 is 5.91 Å². The van der Waals surface area contributed by atoms with Crippen molar-refractivity contribution in [3.05, 3.63) is 71.8 Å². The predicted molar refractivity (Wildman–Crippen MR) is 100 cm³/mol. The summed E-state index contributed by atoms with van der Waals surface area (Å²) in [5.74, 6) is 1.32. The van der Waals surface area contributed by atoms with Gasteiger partial charge in [0.1, 0.15) is 11.6 Å². The number of hydrogen-bond donors (Lipinski definition) is 1. The fourth-order valence-electron chi connectivity index (χ4n) is 3.53. The van der Waals surface area contributed by atoms with Crippen LogP contribution in [0.3, 0.4) is 0 Å². The van der Waals surface area contributed by atoms with Gasteiger partial charge in [0.2, 0.25) is 5.91 Å². The van der Waals surface area contributed by atoms with Crippen molar-refractivity contribution in [3.8, 4) is 11.4 Å². The molecular weight excluding hydrogens is 343 g/mol. The number of carbonyl (C=O) groups excluding carboxylic acids is 1. The average molecular weight is 364 g/mol. The Labute approximate surface area is 157 Å². The van der Waals surface area contributed by atoms with Crippen LogP contribution in [0, 0.1) is 5.82 Å². The average Bonchev–Trinajstić information content (AvgIpc) is 2.99. The zero-order valence-corrected chi connectivity index (χ0v) is 14.9. The van der Waals surface area contributed by atoms with Crippen molar-refractivity contribution in [1.82, 2.24) is 20.1 Å². The molecule has 2 heterocycles. The summed E-state index contributed by atoms with van der Waals surface area (Å²) in [5.41, 5.74) is 1.46. The topological polar surface area (TPSA) is 59.8 Å². The second-order valence-electron chi connectivity index (χ2n) is 6.82. The highest BCUT2D eigenvalue weighted by molar-refractivity contribution is 5.78. The SMILES string of the molecule is O=C(Cc1ccccc1F)NC1CCc2nnc(-c3ccccc3)n2CC1. The zero-order valence-electron chi connectivity index (χ0n) is 14.9. The highest BCUT2D eigenvalue weighted by Crippen LogP contribution is 2.22. The van der Waals surface area contributed by atoms with Crippen LogP contribution in [0.5, 0.6) is 0 Å². The highest BCUT2D eigenvalue weighted by atomic mass is 19.1. The summed E-state index contributed by atoms with van der Waals surface area (Å²) in [4.78, 5) is 12.3. The molecule has 1 aliphatic rings. The van der Waals surface area contributed by atoms with Crippen molar-refractivity contribution in [1.29, 1.82) is 0 Å². The third-order valence-electron chi connectivity index (χ3n) is 4.95. The van der Waals surface area contributed by atoms with E-state index >= 15 is 0 Å². The number of amides is 1. The van der Waals surface area contributed by atoms with E-state index in [1.54, 1.807) is 18.2 Å². The summed E-state index contributed by atoms with van der Waals surface area (Å²) in [5, 5.41) is 11.7. The number of aryl methyl sites for hydroxylation is 1. The van der Waals surface area contributed by atoms with Gasteiger partial charge in [0.05, 0.1) is 6.42 Å².